The lowest BCUT2D eigenvalue weighted by atomic mass is 10.0. The van der Waals surface area contributed by atoms with Crippen LogP contribution < -0.4 is 10.0 Å². The average molecular weight is 448 g/mol. The lowest BCUT2D eigenvalue weighted by molar-refractivity contribution is 0.565. The number of fused-ring (bicyclic) bond motifs is 1. The molecule has 0 fully saturated rings. The monoisotopic (exact) mass is 447 g/mol. The molecule has 1 heterocycles. The smallest absolute Gasteiger partial charge is 0.263 e. The number of aryl methyl sites for hydroxylation is 1. The van der Waals surface area contributed by atoms with E-state index in [1.54, 1.807) is 0 Å². The first-order valence-electron chi connectivity index (χ1n) is 9.92. The minimum atomic E-state index is -3.96. The number of nitrogens with one attached hydrogen (secondary N) is 2. The molecule has 1 aliphatic carbocycles. The molecular formula is C23H21N5O3S. The molecule has 4 rings (SSSR count). The van der Waals surface area contributed by atoms with Crippen molar-refractivity contribution in [3.8, 4) is 0 Å². The van der Waals surface area contributed by atoms with Crippen LogP contribution in [-0.2, 0) is 14.8 Å². The number of nitrogens with zero attached hydrogens (tertiary/aromatic N) is 3. The van der Waals surface area contributed by atoms with Gasteiger partial charge in [-0.05, 0) is 55.3 Å². The van der Waals surface area contributed by atoms with E-state index in [1.807, 2.05) is 56.4 Å². The van der Waals surface area contributed by atoms with Crippen LogP contribution in [0.4, 0.5) is 11.4 Å². The van der Waals surface area contributed by atoms with Gasteiger partial charge in [0.2, 0.25) is 6.08 Å². The minimum Gasteiger partial charge on any atom is -0.337 e. The quantitative estimate of drug-likeness (QED) is 0.553. The SMILES string of the molecule is Cc1cccc(NC2=NC3C=CC=CC3N=C2NS(=O)(=O)c2ccc(N=C=O)cc2)c1C. The normalized spacial score (nSPS) is 19.3. The number of sulfonamides is 1. The van der Waals surface area contributed by atoms with Crippen molar-refractivity contribution in [2.75, 3.05) is 5.32 Å². The number of hydrogen-bond donors (Lipinski definition) is 2. The summed E-state index contributed by atoms with van der Waals surface area (Å²) in [5, 5.41) is 3.25. The van der Waals surface area contributed by atoms with Gasteiger partial charge in [-0.15, -0.1) is 0 Å². The molecule has 0 amide bonds. The molecule has 2 atom stereocenters. The molecule has 2 N–H and O–H groups in total. The van der Waals surface area contributed by atoms with Crippen molar-refractivity contribution in [2.24, 2.45) is 15.0 Å². The van der Waals surface area contributed by atoms with Crippen LogP contribution in [0, 0.1) is 13.8 Å². The maximum atomic E-state index is 13.0. The van der Waals surface area contributed by atoms with Crippen LogP contribution in [0.2, 0.25) is 0 Å². The van der Waals surface area contributed by atoms with Crippen LogP contribution in [0.15, 0.2) is 86.6 Å². The van der Waals surface area contributed by atoms with Crippen molar-refractivity contribution in [3.63, 3.8) is 0 Å². The first kappa shape index (κ1) is 21.4. The summed E-state index contributed by atoms with van der Waals surface area (Å²) in [6.07, 6.45) is 8.99. The van der Waals surface area contributed by atoms with Crippen molar-refractivity contribution in [1.29, 1.82) is 0 Å². The molecule has 162 valence electrons. The molecule has 0 saturated carbocycles. The number of benzene rings is 2. The zero-order valence-electron chi connectivity index (χ0n) is 17.5. The molecule has 0 aromatic heterocycles. The number of allylic oxidation sites excluding steroid dienone is 2. The summed E-state index contributed by atoms with van der Waals surface area (Å²) in [6.45, 7) is 3.99. The summed E-state index contributed by atoms with van der Waals surface area (Å²) in [6, 6.07) is 10.9. The van der Waals surface area contributed by atoms with Gasteiger partial charge in [0.05, 0.1) is 22.7 Å². The Morgan fingerprint density at radius 1 is 0.938 bits per heavy atom. The van der Waals surface area contributed by atoms with E-state index in [1.165, 1.54) is 30.3 Å². The van der Waals surface area contributed by atoms with Crippen molar-refractivity contribution >= 4 is 39.1 Å². The molecule has 0 saturated heterocycles. The third kappa shape index (κ3) is 4.44. The van der Waals surface area contributed by atoms with Gasteiger partial charge in [0.25, 0.3) is 10.0 Å². The first-order valence-corrected chi connectivity index (χ1v) is 11.4. The molecule has 2 aromatic carbocycles. The Morgan fingerprint density at radius 2 is 1.59 bits per heavy atom. The number of amidine groups is 2. The summed E-state index contributed by atoms with van der Waals surface area (Å²) in [5.41, 5.74) is 3.27. The van der Waals surface area contributed by atoms with Crippen molar-refractivity contribution in [1.82, 2.24) is 4.72 Å². The molecule has 2 aliphatic rings. The zero-order chi connectivity index (χ0) is 22.7. The first-order chi connectivity index (χ1) is 15.4. The highest BCUT2D eigenvalue weighted by Crippen LogP contribution is 2.22. The Bertz CT molecular complexity index is 1320. The van der Waals surface area contributed by atoms with E-state index in [0.29, 0.717) is 11.5 Å². The van der Waals surface area contributed by atoms with Gasteiger partial charge < -0.3 is 5.32 Å². The minimum absolute atomic E-state index is 0.0114. The van der Waals surface area contributed by atoms with E-state index in [0.717, 1.165) is 16.8 Å². The molecule has 32 heavy (non-hydrogen) atoms. The van der Waals surface area contributed by atoms with Crippen LogP contribution in [0.3, 0.4) is 0 Å². The molecule has 0 bridgehead atoms. The number of aliphatic imine (C=N–C) groups is 3. The fourth-order valence-corrected chi connectivity index (χ4v) is 4.38. The fourth-order valence-electron chi connectivity index (χ4n) is 3.36. The second-order valence-electron chi connectivity index (χ2n) is 7.38. The number of carbonyl (C=O) groups excluding carboxylic acids is 1. The molecule has 8 nitrogen and oxygen atoms in total. The van der Waals surface area contributed by atoms with Crippen molar-refractivity contribution in [3.05, 3.63) is 77.9 Å². The van der Waals surface area contributed by atoms with Gasteiger partial charge in [0.1, 0.15) is 0 Å². The molecule has 9 heteroatoms. The van der Waals surface area contributed by atoms with Gasteiger partial charge in [-0.2, -0.15) is 4.99 Å². The molecule has 2 aromatic rings. The molecule has 0 spiro atoms. The number of isocyanates is 1. The Labute approximate surface area is 186 Å². The van der Waals surface area contributed by atoms with Crippen LogP contribution >= 0.6 is 0 Å². The van der Waals surface area contributed by atoms with Gasteiger partial charge in [-0.3, -0.25) is 14.7 Å². The van der Waals surface area contributed by atoms with Crippen LogP contribution in [0.1, 0.15) is 11.1 Å². The third-order valence-electron chi connectivity index (χ3n) is 5.27. The standard InChI is InChI=1S/C23H21N5O3S/c1-15-6-5-9-19(16(15)2)25-22-23(27-21-8-4-3-7-20(21)26-22)28-32(30,31)18-12-10-17(11-13-18)24-14-29/h3-13,20-21H,1-2H3,(H,25,26)(H,27,28). The number of rotatable bonds is 4. The lowest BCUT2D eigenvalue weighted by Crippen LogP contribution is -2.45. The van der Waals surface area contributed by atoms with E-state index in [2.05, 4.69) is 20.0 Å². The highest BCUT2D eigenvalue weighted by Gasteiger charge is 2.29. The van der Waals surface area contributed by atoms with E-state index in [4.69, 9.17) is 4.99 Å². The van der Waals surface area contributed by atoms with Crippen LogP contribution in [-0.4, -0.2) is 38.3 Å². The lowest BCUT2D eigenvalue weighted by Gasteiger charge is -2.27. The van der Waals surface area contributed by atoms with Crippen LogP contribution in [0.5, 0.6) is 0 Å². The Morgan fingerprint density at radius 3 is 2.25 bits per heavy atom. The van der Waals surface area contributed by atoms with E-state index in [-0.39, 0.29) is 22.8 Å². The second kappa shape index (κ2) is 8.74. The Kier molecular flexibility index (Phi) is 5.85. The highest BCUT2D eigenvalue weighted by atomic mass is 32.2. The maximum absolute atomic E-state index is 13.0. The van der Waals surface area contributed by atoms with Gasteiger partial charge in [-0.1, -0.05) is 36.4 Å². The predicted molar refractivity (Wildman–Crippen MR) is 125 cm³/mol. The Balaban J connectivity index is 1.67. The summed E-state index contributed by atoms with van der Waals surface area (Å²) < 4.78 is 28.6. The largest absolute Gasteiger partial charge is 0.337 e. The van der Waals surface area contributed by atoms with Crippen LogP contribution in [0.25, 0.3) is 0 Å². The van der Waals surface area contributed by atoms with E-state index in [9.17, 15) is 13.2 Å². The van der Waals surface area contributed by atoms with E-state index >= 15 is 0 Å². The van der Waals surface area contributed by atoms with Crippen molar-refractivity contribution < 1.29 is 13.2 Å². The van der Waals surface area contributed by atoms with Gasteiger partial charge >= 0.3 is 0 Å². The summed E-state index contributed by atoms with van der Waals surface area (Å²) in [5.74, 6) is 0.466. The topological polar surface area (TPSA) is 112 Å². The summed E-state index contributed by atoms with van der Waals surface area (Å²) in [4.78, 5) is 23.2. The zero-order valence-corrected chi connectivity index (χ0v) is 18.3. The maximum Gasteiger partial charge on any atom is 0.263 e. The number of anilines is 1. The van der Waals surface area contributed by atoms with E-state index < -0.39 is 10.0 Å². The number of hydrogen-bond acceptors (Lipinski definition) is 7. The molecular weight excluding hydrogens is 426 g/mol. The highest BCUT2D eigenvalue weighted by molar-refractivity contribution is 7.90. The van der Waals surface area contributed by atoms with Gasteiger partial charge in [-0.25, -0.2) is 13.2 Å². The third-order valence-corrected chi connectivity index (χ3v) is 6.62. The molecule has 0 radical (unpaired) electrons. The Hall–Kier alpha value is -3.81. The molecule has 2 unspecified atom stereocenters. The molecule has 1 aliphatic heterocycles. The summed E-state index contributed by atoms with van der Waals surface area (Å²) >= 11 is 0. The van der Waals surface area contributed by atoms with Gasteiger partial charge in [0.15, 0.2) is 11.7 Å². The van der Waals surface area contributed by atoms with Gasteiger partial charge in [0, 0.05) is 5.69 Å². The average Bonchev–Trinajstić information content (AvgIpc) is 2.77. The second-order valence-corrected chi connectivity index (χ2v) is 9.06. The summed E-state index contributed by atoms with van der Waals surface area (Å²) in [7, 11) is -3.96. The predicted octanol–water partition coefficient (Wildman–Crippen LogP) is 3.33. The van der Waals surface area contributed by atoms with Crippen molar-refractivity contribution in [2.45, 2.75) is 30.8 Å². The fraction of sp³-hybridized carbons (Fsp3) is 0.174.